The van der Waals surface area contributed by atoms with E-state index in [1.54, 1.807) is 4.68 Å². The summed E-state index contributed by atoms with van der Waals surface area (Å²) in [6, 6.07) is 16.9. The number of aromatic amines is 1. The summed E-state index contributed by atoms with van der Waals surface area (Å²) in [6.45, 7) is 3.53. The molecule has 0 aliphatic heterocycles. The largest absolute Gasteiger partial charge is 0.457 e. The maximum Gasteiger partial charge on any atom is 0.290 e. The molecule has 0 saturated heterocycles. The Hall–Kier alpha value is -4.40. The van der Waals surface area contributed by atoms with Crippen molar-refractivity contribution in [3.63, 3.8) is 0 Å². The summed E-state index contributed by atoms with van der Waals surface area (Å²) in [5.74, 6) is 1.43. The van der Waals surface area contributed by atoms with Gasteiger partial charge in [0.1, 0.15) is 22.7 Å². The normalized spacial score (nSPS) is 17.7. The monoisotopic (exact) mass is 470 g/mol. The van der Waals surface area contributed by atoms with Crippen LogP contribution in [0.2, 0.25) is 0 Å². The number of para-hydroxylation sites is 1. The van der Waals surface area contributed by atoms with E-state index in [9.17, 15) is 9.59 Å². The number of hydrogen-bond donors (Lipinski definition) is 3. The van der Waals surface area contributed by atoms with Gasteiger partial charge in [0.2, 0.25) is 5.91 Å². The van der Waals surface area contributed by atoms with E-state index in [2.05, 4.69) is 22.1 Å². The third kappa shape index (κ3) is 4.52. The molecular formula is C26H26N6O3. The third-order valence-electron chi connectivity index (χ3n) is 6.29. The minimum atomic E-state index is -0.353. The zero-order valence-corrected chi connectivity index (χ0v) is 19.1. The van der Waals surface area contributed by atoms with Crippen LogP contribution in [0.5, 0.6) is 11.5 Å². The van der Waals surface area contributed by atoms with Gasteiger partial charge in [-0.15, -0.1) is 0 Å². The molecule has 2 aromatic heterocycles. The van der Waals surface area contributed by atoms with E-state index < -0.39 is 0 Å². The fraction of sp³-hybridized carbons (Fsp3) is 0.231. The Labute approximate surface area is 201 Å². The Kier molecular flexibility index (Phi) is 6.05. The molecule has 9 heteroatoms. The number of anilines is 1. The van der Waals surface area contributed by atoms with Gasteiger partial charge in [-0.2, -0.15) is 10.2 Å². The summed E-state index contributed by atoms with van der Waals surface area (Å²) >= 11 is 0. The Balaban J connectivity index is 1.51. The van der Waals surface area contributed by atoms with Gasteiger partial charge in [0, 0.05) is 11.6 Å². The van der Waals surface area contributed by atoms with Crippen LogP contribution < -0.4 is 21.3 Å². The van der Waals surface area contributed by atoms with E-state index in [4.69, 9.17) is 15.6 Å². The summed E-state index contributed by atoms with van der Waals surface area (Å²) in [4.78, 5) is 24.7. The zero-order chi connectivity index (χ0) is 24.4. The highest BCUT2D eigenvalue weighted by Crippen LogP contribution is 2.36. The lowest BCUT2D eigenvalue weighted by Gasteiger charge is -2.30. The first kappa shape index (κ1) is 22.4. The molecule has 1 aliphatic carbocycles. The molecule has 0 radical (unpaired) electrons. The highest BCUT2D eigenvalue weighted by Gasteiger charge is 2.29. The first-order valence-electron chi connectivity index (χ1n) is 11.6. The van der Waals surface area contributed by atoms with Gasteiger partial charge in [0.05, 0.1) is 11.4 Å². The topological polar surface area (TPSA) is 128 Å². The molecule has 4 N–H and O–H groups in total. The quantitative estimate of drug-likeness (QED) is 0.366. The molecule has 0 bridgehead atoms. The summed E-state index contributed by atoms with van der Waals surface area (Å²) in [6.07, 6.45) is 4.52. The molecule has 2 atom stereocenters. The van der Waals surface area contributed by atoms with E-state index in [1.807, 2.05) is 54.6 Å². The number of carbonyl (C=O) groups is 1. The van der Waals surface area contributed by atoms with Crippen LogP contribution >= 0.6 is 0 Å². The van der Waals surface area contributed by atoms with Crippen LogP contribution in [0.25, 0.3) is 22.2 Å². The standard InChI is InChI=1S/C26H26N6O3/c1-2-21(33)28-17-7-6-8-18(15-17)32-24-22(25(27)29-30-26(24)34)23(31-32)16-11-13-20(14-12-16)35-19-9-4-3-5-10-19/h2-5,9-14,17-18H,1,6-8,15H2,(H2,27,29)(H,28,33)(H,30,34). The molecule has 1 fully saturated rings. The van der Waals surface area contributed by atoms with E-state index in [0.717, 1.165) is 30.6 Å². The van der Waals surface area contributed by atoms with Gasteiger partial charge in [0.15, 0.2) is 5.82 Å². The van der Waals surface area contributed by atoms with Crippen LogP contribution in [0.4, 0.5) is 5.82 Å². The van der Waals surface area contributed by atoms with Gasteiger partial charge >= 0.3 is 0 Å². The van der Waals surface area contributed by atoms with Crippen LogP contribution in [-0.2, 0) is 4.79 Å². The number of rotatable bonds is 6. The summed E-state index contributed by atoms with van der Waals surface area (Å²) in [5.41, 5.74) is 7.63. The van der Waals surface area contributed by atoms with Crippen LogP contribution in [-0.4, -0.2) is 31.9 Å². The van der Waals surface area contributed by atoms with Gasteiger partial charge in [-0.05, 0) is 68.2 Å². The number of hydrogen-bond acceptors (Lipinski definition) is 6. The summed E-state index contributed by atoms with van der Waals surface area (Å²) < 4.78 is 7.65. The molecule has 2 aromatic carbocycles. The lowest BCUT2D eigenvalue weighted by atomic mass is 9.91. The van der Waals surface area contributed by atoms with Crippen molar-refractivity contribution in [3.05, 3.63) is 77.6 Å². The molecule has 1 amide bonds. The minimum absolute atomic E-state index is 0.0189. The molecule has 4 aromatic rings. The number of aromatic nitrogens is 4. The molecule has 2 unspecified atom stereocenters. The Bertz CT molecular complexity index is 1430. The Morgan fingerprint density at radius 1 is 1.14 bits per heavy atom. The number of benzene rings is 2. The average Bonchev–Trinajstić information content (AvgIpc) is 3.30. The number of ether oxygens (including phenoxy) is 1. The number of nitrogen functional groups attached to an aromatic ring is 1. The van der Waals surface area contributed by atoms with Crippen LogP contribution in [0.1, 0.15) is 31.7 Å². The number of nitrogens with one attached hydrogen (secondary N) is 2. The van der Waals surface area contributed by atoms with Gasteiger partial charge in [-0.25, -0.2) is 5.10 Å². The van der Waals surface area contributed by atoms with Crippen molar-refractivity contribution in [1.29, 1.82) is 0 Å². The fourth-order valence-corrected chi connectivity index (χ4v) is 4.66. The number of H-pyrrole nitrogens is 1. The number of nitrogens with zero attached hydrogens (tertiary/aromatic N) is 3. The van der Waals surface area contributed by atoms with Crippen molar-refractivity contribution < 1.29 is 9.53 Å². The third-order valence-corrected chi connectivity index (χ3v) is 6.29. The second-order valence-corrected chi connectivity index (χ2v) is 8.62. The zero-order valence-electron chi connectivity index (χ0n) is 19.1. The van der Waals surface area contributed by atoms with Gasteiger partial charge in [0.25, 0.3) is 5.56 Å². The Morgan fingerprint density at radius 2 is 1.89 bits per heavy atom. The van der Waals surface area contributed by atoms with Crippen LogP contribution in [0.3, 0.4) is 0 Å². The maximum absolute atomic E-state index is 12.9. The molecular weight excluding hydrogens is 444 g/mol. The van der Waals surface area contributed by atoms with Crippen molar-refractivity contribution in [2.24, 2.45) is 0 Å². The van der Waals surface area contributed by atoms with Gasteiger partial charge in [-0.3, -0.25) is 14.3 Å². The fourth-order valence-electron chi connectivity index (χ4n) is 4.66. The molecule has 178 valence electrons. The van der Waals surface area contributed by atoms with Crippen molar-refractivity contribution in [3.8, 4) is 22.8 Å². The highest BCUT2D eigenvalue weighted by atomic mass is 16.5. The number of fused-ring (bicyclic) bond motifs is 1. The molecule has 35 heavy (non-hydrogen) atoms. The summed E-state index contributed by atoms with van der Waals surface area (Å²) in [7, 11) is 0. The van der Waals surface area contributed by atoms with Crippen molar-refractivity contribution in [2.75, 3.05) is 5.73 Å². The van der Waals surface area contributed by atoms with Crippen LogP contribution in [0.15, 0.2) is 72.0 Å². The van der Waals surface area contributed by atoms with Gasteiger partial charge < -0.3 is 15.8 Å². The minimum Gasteiger partial charge on any atom is -0.457 e. The smallest absolute Gasteiger partial charge is 0.290 e. The number of nitrogens with two attached hydrogens (primary N) is 1. The number of carbonyl (C=O) groups excluding carboxylic acids is 1. The molecule has 1 aliphatic rings. The Morgan fingerprint density at radius 3 is 2.63 bits per heavy atom. The van der Waals surface area contributed by atoms with E-state index in [1.165, 1.54) is 6.08 Å². The molecule has 2 heterocycles. The molecule has 1 saturated carbocycles. The lowest BCUT2D eigenvalue weighted by molar-refractivity contribution is -0.117. The van der Waals surface area contributed by atoms with Crippen molar-refractivity contribution in [1.82, 2.24) is 25.3 Å². The van der Waals surface area contributed by atoms with E-state index >= 15 is 0 Å². The first-order valence-corrected chi connectivity index (χ1v) is 11.6. The van der Waals surface area contributed by atoms with E-state index in [-0.39, 0.29) is 29.4 Å². The SMILES string of the molecule is C=CC(=O)NC1CCCC(n2nc(-c3ccc(Oc4ccccc4)cc3)c3c(N)n[nH]c(=O)c32)C1. The first-order chi connectivity index (χ1) is 17.0. The molecule has 0 spiro atoms. The van der Waals surface area contributed by atoms with Crippen LogP contribution in [0, 0.1) is 0 Å². The molecule has 9 nitrogen and oxygen atoms in total. The van der Waals surface area contributed by atoms with Crippen molar-refractivity contribution >= 4 is 22.6 Å². The second kappa shape index (κ2) is 9.46. The maximum atomic E-state index is 12.9. The predicted molar refractivity (Wildman–Crippen MR) is 134 cm³/mol. The average molecular weight is 471 g/mol. The van der Waals surface area contributed by atoms with Crippen molar-refractivity contribution in [2.45, 2.75) is 37.8 Å². The number of amides is 1. The second-order valence-electron chi connectivity index (χ2n) is 8.62. The predicted octanol–water partition coefficient (Wildman–Crippen LogP) is 3.95. The molecule has 5 rings (SSSR count). The summed E-state index contributed by atoms with van der Waals surface area (Å²) in [5, 5.41) is 14.8. The van der Waals surface area contributed by atoms with Gasteiger partial charge in [-0.1, -0.05) is 24.8 Å². The highest BCUT2D eigenvalue weighted by molar-refractivity contribution is 5.99. The van der Waals surface area contributed by atoms with E-state index in [0.29, 0.717) is 28.8 Å². The lowest BCUT2D eigenvalue weighted by Crippen LogP contribution is -2.38.